The number of rotatable bonds is 4. The summed E-state index contributed by atoms with van der Waals surface area (Å²) in [7, 11) is 0. The first kappa shape index (κ1) is 18.6. The summed E-state index contributed by atoms with van der Waals surface area (Å²) in [5.41, 5.74) is 4.41. The van der Waals surface area contributed by atoms with Gasteiger partial charge >= 0.3 is 0 Å². The van der Waals surface area contributed by atoms with Gasteiger partial charge in [-0.25, -0.2) is 9.55 Å². The zero-order valence-electron chi connectivity index (χ0n) is 16.6. The summed E-state index contributed by atoms with van der Waals surface area (Å²) >= 11 is 0. The molecule has 3 aromatic rings. The highest BCUT2D eigenvalue weighted by atomic mass is 16.1. The van der Waals surface area contributed by atoms with Crippen molar-refractivity contribution in [1.82, 2.24) is 14.5 Å². The number of nitriles is 1. The van der Waals surface area contributed by atoms with Gasteiger partial charge in [-0.05, 0) is 5.56 Å². The second-order valence-corrected chi connectivity index (χ2v) is 7.25. The van der Waals surface area contributed by atoms with E-state index in [9.17, 15) is 10.1 Å². The van der Waals surface area contributed by atoms with Crippen LogP contribution in [0, 0.1) is 11.3 Å². The predicted octanol–water partition coefficient (Wildman–Crippen LogP) is 4.79. The number of hydrogen-bond acceptors (Lipinski definition) is 3. The average Bonchev–Trinajstić information content (AvgIpc) is 3.15. The number of H-pyrrole nitrogens is 1. The Bertz CT molecular complexity index is 1410. The third-order valence-corrected chi connectivity index (χ3v) is 5.28. The Labute approximate surface area is 179 Å². The Balaban J connectivity index is 1.82. The summed E-state index contributed by atoms with van der Waals surface area (Å²) in [6.45, 7) is 0. The van der Waals surface area contributed by atoms with E-state index < -0.39 is 0 Å². The minimum absolute atomic E-state index is 0.248. The Morgan fingerprint density at radius 3 is 1.94 bits per heavy atom. The maximum atomic E-state index is 13.4. The average molecular weight is 402 g/mol. The lowest BCUT2D eigenvalue weighted by Crippen LogP contribution is -2.20. The molecule has 3 aromatic carbocycles. The molecule has 0 bridgehead atoms. The number of benzene rings is 3. The Hall–Kier alpha value is -4.43. The van der Waals surface area contributed by atoms with Crippen molar-refractivity contribution in [2.45, 2.75) is 6.42 Å². The van der Waals surface area contributed by atoms with E-state index in [0.717, 1.165) is 16.7 Å². The summed E-state index contributed by atoms with van der Waals surface area (Å²) in [5.74, 6) is 0.457. The largest absolute Gasteiger partial charge is 0.349 e. The van der Waals surface area contributed by atoms with Crippen molar-refractivity contribution >= 4 is 0 Å². The number of hydrogen-bond donors (Lipinski definition) is 1. The smallest absolute Gasteiger partial charge is 0.279 e. The molecule has 2 aliphatic rings. The topological polar surface area (TPSA) is 74.5 Å². The van der Waals surface area contributed by atoms with Crippen LogP contribution in [0.15, 0.2) is 95.8 Å². The fourth-order valence-corrected chi connectivity index (χ4v) is 3.81. The Morgan fingerprint density at radius 2 is 1.35 bits per heavy atom. The highest BCUT2D eigenvalue weighted by Gasteiger charge is 2.25. The molecule has 0 atom stereocenters. The van der Waals surface area contributed by atoms with Crippen molar-refractivity contribution in [3.63, 3.8) is 0 Å². The molecule has 0 spiro atoms. The quantitative estimate of drug-likeness (QED) is 0.469. The monoisotopic (exact) mass is 402 g/mol. The third kappa shape index (κ3) is 3.30. The zero-order chi connectivity index (χ0) is 21.2. The van der Waals surface area contributed by atoms with Crippen molar-refractivity contribution in [3.8, 4) is 34.4 Å². The summed E-state index contributed by atoms with van der Waals surface area (Å²) in [4.78, 5) is 21.5. The molecule has 2 aliphatic heterocycles. The molecule has 0 saturated heterocycles. The maximum absolute atomic E-state index is 13.4. The highest BCUT2D eigenvalue weighted by Crippen LogP contribution is 2.31. The van der Waals surface area contributed by atoms with Gasteiger partial charge in [0.25, 0.3) is 5.56 Å². The van der Waals surface area contributed by atoms with Crippen LogP contribution in [0.4, 0.5) is 0 Å². The van der Waals surface area contributed by atoms with E-state index in [-0.39, 0.29) is 11.3 Å². The molecule has 0 aromatic heterocycles. The summed E-state index contributed by atoms with van der Waals surface area (Å²) in [5, 5.41) is 10.0. The van der Waals surface area contributed by atoms with Crippen LogP contribution in [0.3, 0.4) is 0 Å². The molecule has 5 rings (SSSR count). The van der Waals surface area contributed by atoms with Gasteiger partial charge in [-0.1, -0.05) is 91.0 Å². The first-order valence-corrected chi connectivity index (χ1v) is 9.98. The van der Waals surface area contributed by atoms with Gasteiger partial charge in [-0.3, -0.25) is 4.79 Å². The van der Waals surface area contributed by atoms with Gasteiger partial charge in [-0.2, -0.15) is 5.26 Å². The van der Waals surface area contributed by atoms with Gasteiger partial charge in [0, 0.05) is 17.5 Å². The van der Waals surface area contributed by atoms with Gasteiger partial charge < -0.3 is 4.98 Å². The molecule has 0 unspecified atom stereocenters. The van der Waals surface area contributed by atoms with Crippen molar-refractivity contribution in [1.29, 1.82) is 5.26 Å². The molecular weight excluding hydrogens is 384 g/mol. The van der Waals surface area contributed by atoms with Gasteiger partial charge in [-0.15, -0.1) is 0 Å². The molecule has 0 amide bonds. The number of imidazole rings is 1. The second kappa shape index (κ2) is 7.77. The Morgan fingerprint density at radius 1 is 0.806 bits per heavy atom. The molecular formula is C26H18N4O. The zero-order valence-corrected chi connectivity index (χ0v) is 16.6. The van der Waals surface area contributed by atoms with Crippen molar-refractivity contribution in [3.05, 3.63) is 118 Å². The highest BCUT2D eigenvalue weighted by molar-refractivity contribution is 5.75. The van der Waals surface area contributed by atoms with Gasteiger partial charge in [0.2, 0.25) is 0 Å². The van der Waals surface area contributed by atoms with Crippen molar-refractivity contribution < 1.29 is 0 Å². The van der Waals surface area contributed by atoms with Gasteiger partial charge in [0.05, 0.1) is 11.4 Å². The first-order chi connectivity index (χ1) is 15.3. The number of nitrogens with one attached hydrogen (secondary N) is 1. The van der Waals surface area contributed by atoms with E-state index in [0.29, 0.717) is 29.3 Å². The lowest BCUT2D eigenvalue weighted by molar-refractivity contribution is 0.952. The van der Waals surface area contributed by atoms with Crippen LogP contribution in [0.25, 0.3) is 28.3 Å². The molecule has 5 heteroatoms. The van der Waals surface area contributed by atoms with Crippen LogP contribution in [0.5, 0.6) is 0 Å². The molecule has 1 N–H and O–H groups in total. The predicted molar refractivity (Wildman–Crippen MR) is 120 cm³/mol. The minimum Gasteiger partial charge on any atom is -0.349 e. The lowest BCUT2D eigenvalue weighted by atomic mass is 10.1. The van der Waals surface area contributed by atoms with E-state index in [4.69, 9.17) is 4.98 Å². The second-order valence-electron chi connectivity index (χ2n) is 7.25. The summed E-state index contributed by atoms with van der Waals surface area (Å²) in [6, 6.07) is 31.3. The van der Waals surface area contributed by atoms with E-state index in [2.05, 4.69) is 11.1 Å². The van der Waals surface area contributed by atoms with E-state index >= 15 is 0 Å². The van der Waals surface area contributed by atoms with Crippen molar-refractivity contribution in [2.75, 3.05) is 0 Å². The minimum atomic E-state index is -0.265. The summed E-state index contributed by atoms with van der Waals surface area (Å²) < 4.78 is 1.44. The van der Waals surface area contributed by atoms with Gasteiger partial charge in [0.1, 0.15) is 11.8 Å². The fourth-order valence-electron chi connectivity index (χ4n) is 3.81. The maximum Gasteiger partial charge on any atom is 0.279 e. The van der Waals surface area contributed by atoms with Crippen LogP contribution >= 0.6 is 0 Å². The van der Waals surface area contributed by atoms with Gasteiger partial charge in [0.15, 0.2) is 11.5 Å². The molecule has 2 heterocycles. The first-order valence-electron chi connectivity index (χ1n) is 9.98. The molecule has 0 saturated carbocycles. The Kier molecular flexibility index (Phi) is 4.66. The molecule has 0 radical (unpaired) electrons. The summed E-state index contributed by atoms with van der Waals surface area (Å²) in [6.07, 6.45) is 0.404. The fraction of sp³-hybridized carbons (Fsp3) is 0.0385. The van der Waals surface area contributed by atoms with E-state index in [1.165, 1.54) is 4.57 Å². The standard InChI is InChI=1S/C26H18N4O/c27-17-22-23(19-12-6-2-7-13-19)29-24(20-14-8-3-9-15-20)25-28-21(26(31)30(22)25)16-18-10-4-1-5-11-18/h1-15,29H,16H2. The molecule has 5 nitrogen and oxygen atoms in total. The molecule has 148 valence electrons. The van der Waals surface area contributed by atoms with E-state index in [1.807, 2.05) is 91.0 Å². The molecule has 31 heavy (non-hydrogen) atoms. The number of nitrogens with zero attached hydrogens (tertiary/aromatic N) is 3. The van der Waals surface area contributed by atoms with Crippen LogP contribution in [0.2, 0.25) is 0 Å². The SMILES string of the molecule is N#Cc1c(-c2ccccc2)[nH]c(-c2ccccc2)c2nc(Cc3ccccc3)c(=O)n1-2. The van der Waals surface area contributed by atoms with Crippen LogP contribution in [0.1, 0.15) is 17.0 Å². The normalized spacial score (nSPS) is 10.8. The molecule has 0 fully saturated rings. The van der Waals surface area contributed by atoms with Crippen molar-refractivity contribution in [2.24, 2.45) is 0 Å². The third-order valence-electron chi connectivity index (χ3n) is 5.28. The lowest BCUT2D eigenvalue weighted by Gasteiger charge is -2.15. The number of fused-ring (bicyclic) bond motifs is 1. The van der Waals surface area contributed by atoms with Crippen LogP contribution in [-0.4, -0.2) is 14.5 Å². The van der Waals surface area contributed by atoms with E-state index in [1.54, 1.807) is 0 Å². The van der Waals surface area contributed by atoms with Crippen LogP contribution < -0.4 is 5.56 Å². The van der Waals surface area contributed by atoms with Crippen LogP contribution in [-0.2, 0) is 6.42 Å². The number of aromatic amines is 1. The molecule has 0 aliphatic carbocycles. The number of aromatic nitrogens is 3.